The van der Waals surface area contributed by atoms with Crippen LogP contribution in [0.15, 0.2) is 52.6 Å². The smallest absolute Gasteiger partial charge is 0.158 e. The van der Waals surface area contributed by atoms with Gasteiger partial charge in [-0.05, 0) is 48.3 Å². The van der Waals surface area contributed by atoms with Crippen molar-refractivity contribution in [2.45, 2.75) is 35.6 Å². The zero-order valence-electron chi connectivity index (χ0n) is 16.5. The lowest BCUT2D eigenvalue weighted by molar-refractivity contribution is 0.232. The van der Waals surface area contributed by atoms with Crippen LogP contribution in [0.5, 0.6) is 0 Å². The minimum atomic E-state index is 0.293. The van der Waals surface area contributed by atoms with Crippen LogP contribution < -0.4 is 16.4 Å². The van der Waals surface area contributed by atoms with E-state index in [9.17, 15) is 0 Å². The fourth-order valence-electron chi connectivity index (χ4n) is 4.57. The molecule has 3 heterocycles. The van der Waals surface area contributed by atoms with Crippen LogP contribution in [0.4, 0.5) is 17.5 Å². The van der Waals surface area contributed by atoms with Crippen molar-refractivity contribution < 1.29 is 0 Å². The molecule has 1 aliphatic heterocycles. The fraction of sp³-hybridized carbons (Fsp3) is 0.318. The Balaban J connectivity index is 1.27. The molecule has 1 spiro atoms. The number of anilines is 3. The van der Waals surface area contributed by atoms with Crippen LogP contribution in [0.3, 0.4) is 0 Å². The van der Waals surface area contributed by atoms with Crippen molar-refractivity contribution >= 4 is 40.8 Å². The predicted octanol–water partition coefficient (Wildman–Crippen LogP) is 4.23. The van der Waals surface area contributed by atoms with E-state index in [0.717, 1.165) is 36.6 Å². The summed E-state index contributed by atoms with van der Waals surface area (Å²) in [5, 5.41) is 1.03. The number of pyridine rings is 1. The van der Waals surface area contributed by atoms with Crippen molar-refractivity contribution in [2.75, 3.05) is 29.5 Å². The molecule has 6 nitrogen and oxygen atoms in total. The van der Waals surface area contributed by atoms with Crippen LogP contribution in [0, 0.1) is 5.41 Å². The number of fused-ring (bicyclic) bond motifs is 1. The summed E-state index contributed by atoms with van der Waals surface area (Å²) < 4.78 is 0. The first-order chi connectivity index (χ1) is 14.5. The number of aromatic nitrogens is 3. The molecule has 5 rings (SSSR count). The number of piperidine rings is 1. The Bertz CT molecular complexity index is 1070. The van der Waals surface area contributed by atoms with E-state index in [4.69, 9.17) is 23.1 Å². The molecule has 4 N–H and O–H groups in total. The van der Waals surface area contributed by atoms with Crippen LogP contribution in [0.25, 0.3) is 0 Å². The Hall–Kier alpha value is -2.51. The summed E-state index contributed by atoms with van der Waals surface area (Å²) in [5.74, 6) is 1.53. The first-order valence-electron chi connectivity index (χ1n) is 10.1. The Labute approximate surface area is 185 Å². The summed E-state index contributed by atoms with van der Waals surface area (Å²) in [7, 11) is 0. The van der Waals surface area contributed by atoms with E-state index < -0.39 is 0 Å². The van der Waals surface area contributed by atoms with E-state index in [-0.39, 0.29) is 0 Å². The highest BCUT2D eigenvalue weighted by atomic mass is 35.5. The van der Waals surface area contributed by atoms with Gasteiger partial charge in [0.1, 0.15) is 16.7 Å². The molecule has 154 valence electrons. The molecule has 0 bridgehead atoms. The van der Waals surface area contributed by atoms with Crippen molar-refractivity contribution in [3.8, 4) is 0 Å². The lowest BCUT2D eigenvalue weighted by Gasteiger charge is -2.40. The van der Waals surface area contributed by atoms with Gasteiger partial charge in [0.15, 0.2) is 5.82 Å². The number of nitrogens with zero attached hydrogens (tertiary/aromatic N) is 4. The third kappa shape index (κ3) is 3.56. The lowest BCUT2D eigenvalue weighted by atomic mass is 9.76. The van der Waals surface area contributed by atoms with E-state index in [1.54, 1.807) is 18.5 Å². The lowest BCUT2D eigenvalue weighted by Crippen LogP contribution is -2.41. The standard InChI is InChI=1S/C22H23ClN6S/c23-18-16(5-8-26-19(18)24)30-21-20(25)28-17(13-27-21)29-9-6-22(7-10-29)11-14-3-1-2-4-15(14)12-22/h1-5,8,13H,6-7,9-12H2,(H2,24,26)(H2,25,28). The molecule has 0 saturated carbocycles. The second kappa shape index (κ2) is 7.63. The number of halogens is 1. The topological polar surface area (TPSA) is 94.0 Å². The third-order valence-corrected chi connectivity index (χ3v) is 7.81. The Morgan fingerprint density at radius 3 is 2.33 bits per heavy atom. The van der Waals surface area contributed by atoms with Gasteiger partial charge in [0.05, 0.1) is 11.2 Å². The summed E-state index contributed by atoms with van der Waals surface area (Å²) in [5.41, 5.74) is 15.4. The van der Waals surface area contributed by atoms with E-state index >= 15 is 0 Å². The molecule has 1 saturated heterocycles. The highest BCUT2D eigenvalue weighted by molar-refractivity contribution is 7.99. The molecule has 2 aromatic heterocycles. The van der Waals surface area contributed by atoms with E-state index in [1.165, 1.54) is 35.7 Å². The van der Waals surface area contributed by atoms with Crippen molar-refractivity contribution in [1.82, 2.24) is 15.0 Å². The van der Waals surface area contributed by atoms with Crippen LogP contribution >= 0.6 is 23.4 Å². The number of hydrogen-bond donors (Lipinski definition) is 2. The molecule has 1 fully saturated rings. The van der Waals surface area contributed by atoms with Crippen LogP contribution in [-0.4, -0.2) is 28.0 Å². The molecule has 3 aromatic rings. The van der Waals surface area contributed by atoms with E-state index in [1.807, 2.05) is 0 Å². The molecule has 1 aliphatic carbocycles. The van der Waals surface area contributed by atoms with Crippen LogP contribution in [0.2, 0.25) is 5.02 Å². The number of nitrogen functional groups attached to an aromatic ring is 2. The maximum atomic E-state index is 6.24. The molecule has 0 unspecified atom stereocenters. The summed E-state index contributed by atoms with van der Waals surface area (Å²) in [6, 6.07) is 10.7. The Kier molecular flexibility index (Phi) is 4.95. The van der Waals surface area contributed by atoms with Gasteiger partial charge in [-0.3, -0.25) is 0 Å². The van der Waals surface area contributed by atoms with Gasteiger partial charge >= 0.3 is 0 Å². The molecular weight excluding hydrogens is 416 g/mol. The normalized spacial score (nSPS) is 17.3. The van der Waals surface area contributed by atoms with Crippen molar-refractivity contribution in [3.63, 3.8) is 0 Å². The zero-order chi connectivity index (χ0) is 20.7. The quantitative estimate of drug-likeness (QED) is 0.631. The molecule has 2 aliphatic rings. The molecular formula is C22H23ClN6S. The molecule has 0 atom stereocenters. The van der Waals surface area contributed by atoms with Gasteiger partial charge < -0.3 is 16.4 Å². The third-order valence-electron chi connectivity index (χ3n) is 6.24. The van der Waals surface area contributed by atoms with E-state index in [2.05, 4.69) is 44.1 Å². The van der Waals surface area contributed by atoms with Gasteiger partial charge in [-0.2, -0.15) is 0 Å². The van der Waals surface area contributed by atoms with Crippen molar-refractivity contribution in [3.05, 3.63) is 58.9 Å². The van der Waals surface area contributed by atoms with Crippen molar-refractivity contribution in [1.29, 1.82) is 0 Å². The number of benzene rings is 1. The maximum absolute atomic E-state index is 6.24. The SMILES string of the molecule is Nc1nc(N2CCC3(CC2)Cc2ccccc2C3)cnc1Sc1ccnc(N)c1Cl. The molecule has 0 amide bonds. The van der Waals surface area contributed by atoms with Gasteiger partial charge in [-0.1, -0.05) is 47.6 Å². The molecule has 0 radical (unpaired) electrons. The first kappa shape index (κ1) is 19.5. The zero-order valence-corrected chi connectivity index (χ0v) is 18.1. The number of hydrogen-bond acceptors (Lipinski definition) is 7. The molecule has 30 heavy (non-hydrogen) atoms. The van der Waals surface area contributed by atoms with Gasteiger partial charge in [-0.15, -0.1) is 0 Å². The highest BCUT2D eigenvalue weighted by Gasteiger charge is 2.39. The highest BCUT2D eigenvalue weighted by Crippen LogP contribution is 2.45. The summed E-state index contributed by atoms with van der Waals surface area (Å²) in [4.78, 5) is 16.2. The summed E-state index contributed by atoms with van der Waals surface area (Å²) >= 11 is 7.59. The largest absolute Gasteiger partial charge is 0.382 e. The second-order valence-corrected chi connectivity index (χ2v) is 9.55. The fourth-order valence-corrected chi connectivity index (χ4v) is 5.59. The van der Waals surface area contributed by atoms with Gasteiger partial charge in [0, 0.05) is 24.2 Å². The summed E-state index contributed by atoms with van der Waals surface area (Å²) in [6.07, 6.45) is 8.12. The number of rotatable bonds is 3. The van der Waals surface area contributed by atoms with E-state index in [0.29, 0.717) is 27.1 Å². The van der Waals surface area contributed by atoms with Crippen LogP contribution in [0.1, 0.15) is 24.0 Å². The maximum Gasteiger partial charge on any atom is 0.158 e. The second-order valence-electron chi connectivity index (χ2n) is 8.14. The van der Waals surface area contributed by atoms with Gasteiger partial charge in [0.25, 0.3) is 0 Å². The first-order valence-corrected chi connectivity index (χ1v) is 11.2. The molecule has 1 aromatic carbocycles. The van der Waals surface area contributed by atoms with Gasteiger partial charge in [0.2, 0.25) is 0 Å². The average Bonchev–Trinajstić information content (AvgIpc) is 3.11. The van der Waals surface area contributed by atoms with Crippen LogP contribution in [-0.2, 0) is 12.8 Å². The Morgan fingerprint density at radius 2 is 1.67 bits per heavy atom. The van der Waals surface area contributed by atoms with Crippen molar-refractivity contribution in [2.24, 2.45) is 5.41 Å². The van der Waals surface area contributed by atoms with Gasteiger partial charge in [-0.25, -0.2) is 15.0 Å². The molecule has 8 heteroatoms. The monoisotopic (exact) mass is 438 g/mol. The number of nitrogens with two attached hydrogens (primary N) is 2. The Morgan fingerprint density at radius 1 is 0.967 bits per heavy atom. The predicted molar refractivity (Wildman–Crippen MR) is 122 cm³/mol. The minimum Gasteiger partial charge on any atom is -0.382 e. The minimum absolute atomic E-state index is 0.293. The summed E-state index contributed by atoms with van der Waals surface area (Å²) in [6.45, 7) is 1.95. The average molecular weight is 439 g/mol.